The zero-order valence-electron chi connectivity index (χ0n) is 16.9. The maximum Gasteiger partial charge on any atom is 0.280 e. The normalized spacial score (nSPS) is 10.6. The largest absolute Gasteiger partial charge is 0.493 e. The lowest BCUT2D eigenvalue weighted by atomic mass is 10.2. The molecule has 3 aromatic rings. The van der Waals surface area contributed by atoms with E-state index in [2.05, 4.69) is 31.4 Å². The number of thioether (sulfide) groups is 1. The van der Waals surface area contributed by atoms with Crippen molar-refractivity contribution in [1.82, 2.24) is 10.2 Å². The molecular formula is C21H21BrFN3O4S. The minimum atomic E-state index is -0.372. The second-order valence-electron chi connectivity index (χ2n) is 6.24. The first-order valence-electron chi connectivity index (χ1n) is 9.26. The SMILES string of the molecule is COc1ccc(CNc2c(OCCSc3ccc(F)cc3)n[nH]c(=O)c2Br)cc1OC. The van der Waals surface area contributed by atoms with Crippen LogP contribution in [0.15, 0.2) is 56.6 Å². The number of ether oxygens (including phenoxy) is 3. The monoisotopic (exact) mass is 509 g/mol. The van der Waals surface area contributed by atoms with Crippen molar-refractivity contribution in [3.05, 3.63) is 68.7 Å². The summed E-state index contributed by atoms with van der Waals surface area (Å²) < 4.78 is 29.6. The quantitative estimate of drug-likeness (QED) is 0.308. The maximum absolute atomic E-state index is 13.0. The Morgan fingerprint density at radius 1 is 1.13 bits per heavy atom. The highest BCUT2D eigenvalue weighted by Crippen LogP contribution is 2.30. The Morgan fingerprint density at radius 2 is 1.87 bits per heavy atom. The predicted molar refractivity (Wildman–Crippen MR) is 122 cm³/mol. The van der Waals surface area contributed by atoms with Crippen molar-refractivity contribution in [3.63, 3.8) is 0 Å². The van der Waals surface area contributed by atoms with Gasteiger partial charge in [0.2, 0.25) is 0 Å². The van der Waals surface area contributed by atoms with Gasteiger partial charge in [-0.3, -0.25) is 4.79 Å². The van der Waals surface area contributed by atoms with Crippen molar-refractivity contribution in [3.8, 4) is 17.4 Å². The lowest BCUT2D eigenvalue weighted by molar-refractivity contribution is 0.327. The smallest absolute Gasteiger partial charge is 0.280 e. The molecule has 0 fully saturated rings. The second kappa shape index (κ2) is 11.1. The van der Waals surface area contributed by atoms with Gasteiger partial charge in [-0.2, -0.15) is 0 Å². The van der Waals surface area contributed by atoms with Crippen LogP contribution in [0.2, 0.25) is 0 Å². The van der Waals surface area contributed by atoms with Crippen LogP contribution in [0.25, 0.3) is 0 Å². The summed E-state index contributed by atoms with van der Waals surface area (Å²) in [5.74, 6) is 1.87. The zero-order valence-corrected chi connectivity index (χ0v) is 19.3. The molecule has 164 valence electrons. The highest BCUT2D eigenvalue weighted by molar-refractivity contribution is 9.10. The number of hydrogen-bond donors (Lipinski definition) is 2. The number of nitrogens with zero attached hydrogens (tertiary/aromatic N) is 1. The van der Waals surface area contributed by atoms with Gasteiger partial charge in [-0.25, -0.2) is 9.49 Å². The first-order chi connectivity index (χ1) is 15.0. The van der Waals surface area contributed by atoms with Gasteiger partial charge in [0.05, 0.1) is 20.8 Å². The number of hydrogen-bond acceptors (Lipinski definition) is 7. The van der Waals surface area contributed by atoms with Gasteiger partial charge in [0, 0.05) is 17.2 Å². The molecule has 1 aromatic heterocycles. The summed E-state index contributed by atoms with van der Waals surface area (Å²) in [5.41, 5.74) is 0.996. The Balaban J connectivity index is 1.65. The van der Waals surface area contributed by atoms with E-state index in [0.717, 1.165) is 10.5 Å². The van der Waals surface area contributed by atoms with E-state index in [1.54, 1.807) is 26.4 Å². The van der Waals surface area contributed by atoms with Crippen LogP contribution < -0.4 is 25.1 Å². The summed E-state index contributed by atoms with van der Waals surface area (Å²) in [4.78, 5) is 12.9. The number of rotatable bonds is 10. The number of aromatic nitrogens is 2. The van der Waals surface area contributed by atoms with E-state index in [1.807, 2.05) is 18.2 Å². The fourth-order valence-corrected chi connectivity index (χ4v) is 3.81. The van der Waals surface area contributed by atoms with Gasteiger partial charge in [-0.15, -0.1) is 16.9 Å². The summed E-state index contributed by atoms with van der Waals surface area (Å²) >= 11 is 4.83. The Morgan fingerprint density at radius 3 is 2.58 bits per heavy atom. The number of aromatic amines is 1. The number of H-pyrrole nitrogens is 1. The summed E-state index contributed by atoms with van der Waals surface area (Å²) in [6.07, 6.45) is 0. The van der Waals surface area contributed by atoms with Crippen LogP contribution in [-0.4, -0.2) is 36.8 Å². The molecule has 0 bridgehead atoms. The van der Waals surface area contributed by atoms with Crippen LogP contribution in [0, 0.1) is 5.82 Å². The maximum atomic E-state index is 13.0. The van der Waals surface area contributed by atoms with Crippen LogP contribution in [0.1, 0.15) is 5.56 Å². The molecule has 2 N–H and O–H groups in total. The van der Waals surface area contributed by atoms with Crippen molar-refractivity contribution in [2.45, 2.75) is 11.4 Å². The van der Waals surface area contributed by atoms with Gasteiger partial charge in [0.25, 0.3) is 11.4 Å². The molecule has 0 amide bonds. The molecule has 0 radical (unpaired) electrons. The molecule has 0 aliphatic rings. The Hall–Kier alpha value is -2.72. The average molecular weight is 510 g/mol. The summed E-state index contributed by atoms with van der Waals surface area (Å²) in [6.45, 7) is 0.753. The first kappa shape index (κ1) is 23.0. The molecule has 0 saturated carbocycles. The number of nitrogens with one attached hydrogen (secondary N) is 2. The number of anilines is 1. The minimum Gasteiger partial charge on any atom is -0.493 e. The van der Waals surface area contributed by atoms with Crippen molar-refractivity contribution in [2.24, 2.45) is 0 Å². The summed E-state index contributed by atoms with van der Waals surface area (Å²) in [6, 6.07) is 11.8. The highest BCUT2D eigenvalue weighted by atomic mass is 79.9. The van der Waals surface area contributed by atoms with Gasteiger partial charge in [-0.05, 0) is 57.9 Å². The third kappa shape index (κ3) is 6.14. The topological polar surface area (TPSA) is 85.5 Å². The predicted octanol–water partition coefficient (Wildman–Crippen LogP) is 4.47. The molecule has 0 atom stereocenters. The lowest BCUT2D eigenvalue weighted by Crippen LogP contribution is -2.16. The van der Waals surface area contributed by atoms with Crippen molar-refractivity contribution in [2.75, 3.05) is 31.9 Å². The number of benzene rings is 2. The molecule has 0 aliphatic heterocycles. The minimum absolute atomic E-state index is 0.270. The van der Waals surface area contributed by atoms with E-state index in [-0.39, 0.29) is 17.3 Å². The third-order valence-corrected chi connectivity index (χ3v) is 5.95. The zero-order chi connectivity index (χ0) is 22.2. The summed E-state index contributed by atoms with van der Waals surface area (Å²) in [5, 5.41) is 9.61. The standard InChI is InChI=1S/C21H21BrFN3O4S/c1-28-16-8-3-13(11-17(16)29-2)12-24-19-18(22)20(27)25-26-21(19)30-9-10-31-15-6-4-14(23)5-7-15/h3-8,11H,9-10,12H2,1-2H3,(H2,24,25,27). The first-order valence-corrected chi connectivity index (χ1v) is 11.0. The molecule has 31 heavy (non-hydrogen) atoms. The second-order valence-corrected chi connectivity index (χ2v) is 8.20. The van der Waals surface area contributed by atoms with Gasteiger partial charge >= 0.3 is 0 Å². The molecule has 0 aliphatic carbocycles. The van der Waals surface area contributed by atoms with Crippen molar-refractivity contribution >= 4 is 33.4 Å². The van der Waals surface area contributed by atoms with Crippen molar-refractivity contribution < 1.29 is 18.6 Å². The average Bonchev–Trinajstić information content (AvgIpc) is 2.79. The van der Waals surface area contributed by atoms with E-state index < -0.39 is 0 Å². The van der Waals surface area contributed by atoms with Gasteiger partial charge in [-0.1, -0.05) is 6.07 Å². The Labute approximate surface area is 191 Å². The van der Waals surface area contributed by atoms with Gasteiger partial charge in [0.1, 0.15) is 16.0 Å². The molecule has 10 heteroatoms. The highest BCUT2D eigenvalue weighted by Gasteiger charge is 2.14. The lowest BCUT2D eigenvalue weighted by Gasteiger charge is -2.14. The third-order valence-electron chi connectivity index (χ3n) is 4.21. The molecule has 0 unspecified atom stereocenters. The van der Waals surface area contributed by atoms with Crippen LogP contribution in [0.5, 0.6) is 17.4 Å². The molecule has 3 rings (SSSR count). The van der Waals surface area contributed by atoms with Crippen LogP contribution in [0.3, 0.4) is 0 Å². The van der Waals surface area contributed by atoms with E-state index in [9.17, 15) is 9.18 Å². The number of methoxy groups -OCH3 is 2. The molecule has 1 heterocycles. The molecular weight excluding hydrogens is 489 g/mol. The van der Waals surface area contributed by atoms with Crippen LogP contribution in [0.4, 0.5) is 10.1 Å². The van der Waals surface area contributed by atoms with Crippen LogP contribution >= 0.6 is 27.7 Å². The van der Waals surface area contributed by atoms with Crippen LogP contribution in [-0.2, 0) is 6.54 Å². The Kier molecular flexibility index (Phi) is 8.19. The molecule has 2 aromatic carbocycles. The fraction of sp³-hybridized carbons (Fsp3) is 0.238. The van der Waals surface area contributed by atoms with E-state index in [0.29, 0.717) is 40.6 Å². The van der Waals surface area contributed by atoms with E-state index >= 15 is 0 Å². The molecule has 0 spiro atoms. The summed E-state index contributed by atoms with van der Waals surface area (Å²) in [7, 11) is 3.15. The van der Waals surface area contributed by atoms with Gasteiger partial charge in [0.15, 0.2) is 11.5 Å². The fourth-order valence-electron chi connectivity index (χ4n) is 2.68. The van der Waals surface area contributed by atoms with Crippen molar-refractivity contribution in [1.29, 1.82) is 0 Å². The molecule has 0 saturated heterocycles. The number of halogens is 2. The molecule has 7 nitrogen and oxygen atoms in total. The van der Waals surface area contributed by atoms with E-state index in [4.69, 9.17) is 14.2 Å². The van der Waals surface area contributed by atoms with Gasteiger partial charge < -0.3 is 19.5 Å². The Bertz CT molecular complexity index is 1080. The van der Waals surface area contributed by atoms with E-state index in [1.165, 1.54) is 23.9 Å².